The van der Waals surface area contributed by atoms with Gasteiger partial charge in [-0.15, -0.1) is 11.3 Å². The highest BCUT2D eigenvalue weighted by molar-refractivity contribution is 7.14. The first-order valence-electron chi connectivity index (χ1n) is 8.87. The zero-order chi connectivity index (χ0) is 20.8. The number of hydrogen-bond donors (Lipinski definition) is 2. The molecule has 1 atom stereocenters. The number of nitrogens with zero attached hydrogens (tertiary/aromatic N) is 1. The van der Waals surface area contributed by atoms with E-state index in [0.29, 0.717) is 15.7 Å². The summed E-state index contributed by atoms with van der Waals surface area (Å²) < 4.78 is 5.16. The molecule has 3 aromatic rings. The molecule has 2 aromatic carbocycles. The minimum Gasteiger partial charge on any atom is -0.497 e. The van der Waals surface area contributed by atoms with Gasteiger partial charge in [0.1, 0.15) is 5.75 Å². The summed E-state index contributed by atoms with van der Waals surface area (Å²) in [6.07, 6.45) is 0.0424. The number of benzene rings is 2. The third-order valence-electron chi connectivity index (χ3n) is 4.18. The fourth-order valence-corrected chi connectivity index (χ4v) is 3.83. The first-order valence-corrected chi connectivity index (χ1v) is 10.1. The Bertz CT molecular complexity index is 1000. The normalized spacial score (nSPS) is 11.6. The molecule has 0 spiro atoms. The summed E-state index contributed by atoms with van der Waals surface area (Å²) >= 11 is 7.57. The van der Waals surface area contributed by atoms with E-state index in [1.807, 2.05) is 35.7 Å². The third-order valence-corrected chi connectivity index (χ3v) is 5.29. The molecule has 29 heavy (non-hydrogen) atoms. The van der Waals surface area contributed by atoms with E-state index in [-0.39, 0.29) is 18.2 Å². The summed E-state index contributed by atoms with van der Waals surface area (Å²) in [5.41, 5.74) is 2.38. The molecule has 0 saturated heterocycles. The quantitative estimate of drug-likeness (QED) is 0.571. The van der Waals surface area contributed by atoms with Gasteiger partial charge in [-0.3, -0.25) is 9.59 Å². The smallest absolute Gasteiger partial charge is 0.228 e. The zero-order valence-corrected chi connectivity index (χ0v) is 17.5. The van der Waals surface area contributed by atoms with Crippen molar-refractivity contribution in [1.82, 2.24) is 10.3 Å². The molecule has 0 aliphatic heterocycles. The predicted molar refractivity (Wildman–Crippen MR) is 115 cm³/mol. The van der Waals surface area contributed by atoms with Crippen LogP contribution in [0, 0.1) is 0 Å². The van der Waals surface area contributed by atoms with E-state index in [1.165, 1.54) is 18.3 Å². The van der Waals surface area contributed by atoms with Gasteiger partial charge >= 0.3 is 0 Å². The van der Waals surface area contributed by atoms with Gasteiger partial charge in [0.25, 0.3) is 0 Å². The van der Waals surface area contributed by atoms with Crippen molar-refractivity contribution in [3.63, 3.8) is 0 Å². The Balaban J connectivity index is 1.69. The number of rotatable bonds is 7. The molecule has 0 fully saturated rings. The fourth-order valence-electron chi connectivity index (χ4n) is 2.82. The van der Waals surface area contributed by atoms with Crippen molar-refractivity contribution >= 4 is 39.9 Å². The van der Waals surface area contributed by atoms with Crippen LogP contribution in [-0.2, 0) is 9.59 Å². The van der Waals surface area contributed by atoms with Gasteiger partial charge < -0.3 is 15.4 Å². The van der Waals surface area contributed by atoms with Crippen LogP contribution in [0.1, 0.15) is 24.9 Å². The molecule has 0 aliphatic carbocycles. The minimum absolute atomic E-state index is 0.0424. The molecule has 0 radical (unpaired) electrons. The van der Waals surface area contributed by atoms with Crippen LogP contribution in [0.3, 0.4) is 0 Å². The molecule has 150 valence electrons. The van der Waals surface area contributed by atoms with Gasteiger partial charge in [-0.05, 0) is 35.9 Å². The van der Waals surface area contributed by atoms with E-state index >= 15 is 0 Å². The number of methoxy groups -OCH3 is 1. The van der Waals surface area contributed by atoms with Crippen LogP contribution in [0.4, 0.5) is 5.13 Å². The summed E-state index contributed by atoms with van der Waals surface area (Å²) in [5.74, 6) is 0.263. The first kappa shape index (κ1) is 20.8. The average Bonchev–Trinajstić information content (AvgIpc) is 3.16. The van der Waals surface area contributed by atoms with Crippen LogP contribution in [0.5, 0.6) is 5.75 Å². The van der Waals surface area contributed by atoms with E-state index in [1.54, 1.807) is 25.3 Å². The Morgan fingerprint density at radius 2 is 1.90 bits per heavy atom. The van der Waals surface area contributed by atoms with Gasteiger partial charge in [0, 0.05) is 22.9 Å². The lowest BCUT2D eigenvalue weighted by Gasteiger charge is -2.18. The van der Waals surface area contributed by atoms with Crippen LogP contribution in [0.25, 0.3) is 11.3 Å². The highest BCUT2D eigenvalue weighted by atomic mass is 35.5. The fraction of sp³-hybridized carbons (Fsp3) is 0.190. The number of ether oxygens (including phenoxy) is 1. The molecule has 2 N–H and O–H groups in total. The van der Waals surface area contributed by atoms with E-state index < -0.39 is 6.04 Å². The van der Waals surface area contributed by atoms with Gasteiger partial charge in [-0.2, -0.15) is 0 Å². The maximum Gasteiger partial charge on any atom is 0.228 e. The van der Waals surface area contributed by atoms with Crippen molar-refractivity contribution in [2.24, 2.45) is 0 Å². The number of nitrogens with one attached hydrogen (secondary N) is 2. The second-order valence-corrected chi connectivity index (χ2v) is 7.56. The van der Waals surface area contributed by atoms with E-state index in [4.69, 9.17) is 16.3 Å². The van der Waals surface area contributed by atoms with Gasteiger partial charge in [0.15, 0.2) is 5.13 Å². The minimum atomic E-state index is -0.526. The van der Waals surface area contributed by atoms with Crippen molar-refractivity contribution in [3.05, 3.63) is 64.5 Å². The highest BCUT2D eigenvalue weighted by Crippen LogP contribution is 2.28. The number of anilines is 1. The number of hydrogen-bond acceptors (Lipinski definition) is 5. The lowest BCUT2D eigenvalue weighted by molar-refractivity contribution is -0.120. The van der Waals surface area contributed by atoms with Crippen molar-refractivity contribution in [1.29, 1.82) is 0 Å². The molecular weight excluding hydrogens is 410 g/mol. The Morgan fingerprint density at radius 1 is 1.17 bits per heavy atom. The zero-order valence-electron chi connectivity index (χ0n) is 15.9. The van der Waals surface area contributed by atoms with Crippen LogP contribution in [0.2, 0.25) is 5.02 Å². The Kier molecular flexibility index (Phi) is 6.85. The highest BCUT2D eigenvalue weighted by Gasteiger charge is 2.20. The molecule has 0 bridgehead atoms. The van der Waals surface area contributed by atoms with Crippen LogP contribution in [0.15, 0.2) is 53.9 Å². The van der Waals surface area contributed by atoms with Gasteiger partial charge in [-0.1, -0.05) is 29.8 Å². The molecular formula is C21H20ClN3O3S. The molecule has 3 rings (SSSR count). The monoisotopic (exact) mass is 429 g/mol. The molecule has 6 nitrogen and oxygen atoms in total. The van der Waals surface area contributed by atoms with Crippen molar-refractivity contribution in [3.8, 4) is 17.0 Å². The van der Waals surface area contributed by atoms with Crippen molar-refractivity contribution in [2.45, 2.75) is 19.4 Å². The SMILES string of the molecule is COc1ccc(-c2csc(NC(=O)C[C@@H](NC(C)=O)c3ccccc3Cl)n2)cc1. The molecule has 1 aromatic heterocycles. The molecule has 8 heteroatoms. The second-order valence-electron chi connectivity index (χ2n) is 6.29. The predicted octanol–water partition coefficient (Wildman–Crippen LogP) is 4.68. The first-order chi connectivity index (χ1) is 14.0. The summed E-state index contributed by atoms with van der Waals surface area (Å²) in [5, 5.41) is 8.43. The number of carbonyl (C=O) groups is 2. The topological polar surface area (TPSA) is 80.3 Å². The Hall–Kier alpha value is -2.90. The van der Waals surface area contributed by atoms with Crippen LogP contribution < -0.4 is 15.4 Å². The molecule has 0 aliphatic rings. The van der Waals surface area contributed by atoms with Crippen molar-refractivity contribution < 1.29 is 14.3 Å². The van der Waals surface area contributed by atoms with E-state index in [2.05, 4.69) is 15.6 Å². The van der Waals surface area contributed by atoms with Gasteiger partial charge in [0.05, 0.1) is 25.3 Å². The lowest BCUT2D eigenvalue weighted by Crippen LogP contribution is -2.30. The number of aromatic nitrogens is 1. The standard InChI is InChI=1S/C21H20ClN3O3S/c1-13(26)23-18(16-5-3-4-6-17(16)22)11-20(27)25-21-24-19(12-29-21)14-7-9-15(28-2)10-8-14/h3-10,12,18H,11H2,1-2H3,(H,23,26)(H,24,25,27)/t18-/m1/s1. The van der Waals surface area contributed by atoms with Crippen LogP contribution >= 0.6 is 22.9 Å². The second kappa shape index (κ2) is 9.54. The molecule has 1 heterocycles. The largest absolute Gasteiger partial charge is 0.497 e. The summed E-state index contributed by atoms with van der Waals surface area (Å²) in [4.78, 5) is 28.6. The number of carbonyl (C=O) groups excluding carboxylic acids is 2. The molecule has 2 amide bonds. The maximum atomic E-state index is 12.6. The van der Waals surface area contributed by atoms with E-state index in [9.17, 15) is 9.59 Å². The Labute approximate surface area is 177 Å². The third kappa shape index (κ3) is 5.56. The maximum absolute atomic E-state index is 12.6. The van der Waals surface area contributed by atoms with Gasteiger partial charge in [-0.25, -0.2) is 4.98 Å². The number of amides is 2. The summed E-state index contributed by atoms with van der Waals surface area (Å²) in [6.45, 7) is 1.41. The number of thiazole rings is 1. The molecule has 0 unspecified atom stereocenters. The van der Waals surface area contributed by atoms with Gasteiger partial charge in [0.2, 0.25) is 11.8 Å². The van der Waals surface area contributed by atoms with Crippen molar-refractivity contribution in [2.75, 3.05) is 12.4 Å². The van der Waals surface area contributed by atoms with Crippen LogP contribution in [-0.4, -0.2) is 23.9 Å². The summed E-state index contributed by atoms with van der Waals surface area (Å²) in [7, 11) is 1.61. The average molecular weight is 430 g/mol. The van der Waals surface area contributed by atoms with E-state index in [0.717, 1.165) is 17.0 Å². The Morgan fingerprint density at radius 3 is 2.55 bits per heavy atom. The lowest BCUT2D eigenvalue weighted by atomic mass is 10.0. The summed E-state index contributed by atoms with van der Waals surface area (Å²) in [6, 6.07) is 14.1. The molecule has 0 saturated carbocycles. The number of halogens is 1.